The van der Waals surface area contributed by atoms with Gasteiger partial charge < -0.3 is 14.4 Å². The Morgan fingerprint density at radius 1 is 1.43 bits per heavy atom. The van der Waals surface area contributed by atoms with E-state index in [0.29, 0.717) is 6.54 Å². The van der Waals surface area contributed by atoms with Gasteiger partial charge in [0.15, 0.2) is 6.10 Å². The summed E-state index contributed by atoms with van der Waals surface area (Å²) in [5.41, 5.74) is 2.41. The molecule has 0 unspecified atom stereocenters. The smallest absolute Gasteiger partial charge is 0.336 e. The predicted molar refractivity (Wildman–Crippen MR) is 82.4 cm³/mol. The first-order valence-electron chi connectivity index (χ1n) is 7.21. The van der Waals surface area contributed by atoms with Crippen molar-refractivity contribution in [3.8, 4) is 0 Å². The highest BCUT2D eigenvalue weighted by Crippen LogP contribution is 2.18. The molecule has 0 spiro atoms. The summed E-state index contributed by atoms with van der Waals surface area (Å²) in [4.78, 5) is 16.0. The number of hydrogen-bond acceptors (Lipinski definition) is 5. The van der Waals surface area contributed by atoms with Crippen molar-refractivity contribution < 1.29 is 14.3 Å². The first kappa shape index (κ1) is 15.8. The Hall–Kier alpha value is -1.59. The number of benzene rings is 1. The van der Waals surface area contributed by atoms with Crippen molar-refractivity contribution in [3.05, 3.63) is 29.8 Å². The number of hydrogen-bond donors (Lipinski definition) is 0. The predicted octanol–water partition coefficient (Wildman–Crippen LogP) is 1.51. The molecule has 5 nitrogen and oxygen atoms in total. The van der Waals surface area contributed by atoms with Crippen LogP contribution < -0.4 is 4.90 Å². The van der Waals surface area contributed by atoms with E-state index >= 15 is 0 Å². The van der Waals surface area contributed by atoms with Crippen molar-refractivity contribution in [1.82, 2.24) is 4.90 Å². The van der Waals surface area contributed by atoms with Gasteiger partial charge in [0.2, 0.25) is 0 Å². The average Bonchev–Trinajstić information content (AvgIpc) is 2.46. The summed E-state index contributed by atoms with van der Waals surface area (Å²) < 4.78 is 10.4. The number of anilines is 1. The number of esters is 1. The molecule has 0 aromatic heterocycles. The molecule has 0 saturated carbocycles. The number of ether oxygens (including phenoxy) is 2. The van der Waals surface area contributed by atoms with Gasteiger partial charge in [0.1, 0.15) is 0 Å². The average molecular weight is 292 g/mol. The van der Waals surface area contributed by atoms with Crippen LogP contribution in [-0.4, -0.2) is 57.4 Å². The van der Waals surface area contributed by atoms with E-state index in [4.69, 9.17) is 9.47 Å². The lowest BCUT2D eigenvalue weighted by Gasteiger charge is -2.35. The highest BCUT2D eigenvalue weighted by atomic mass is 16.6. The molecule has 5 heteroatoms. The fourth-order valence-corrected chi connectivity index (χ4v) is 2.62. The van der Waals surface area contributed by atoms with E-state index < -0.39 is 6.10 Å². The van der Waals surface area contributed by atoms with Crippen LogP contribution in [0.1, 0.15) is 12.5 Å². The lowest BCUT2D eigenvalue weighted by Crippen LogP contribution is -2.49. The summed E-state index contributed by atoms with van der Waals surface area (Å²) in [6, 6.07) is 8.43. The van der Waals surface area contributed by atoms with Crippen molar-refractivity contribution >= 4 is 11.7 Å². The molecule has 116 valence electrons. The van der Waals surface area contributed by atoms with Gasteiger partial charge in [0, 0.05) is 39.4 Å². The summed E-state index contributed by atoms with van der Waals surface area (Å²) in [7, 11) is 5.46. The van der Waals surface area contributed by atoms with Gasteiger partial charge in [-0.2, -0.15) is 0 Å². The minimum absolute atomic E-state index is 0.0277. The van der Waals surface area contributed by atoms with E-state index in [9.17, 15) is 4.79 Å². The van der Waals surface area contributed by atoms with Crippen LogP contribution in [0.2, 0.25) is 0 Å². The first-order valence-corrected chi connectivity index (χ1v) is 7.21. The molecule has 1 heterocycles. The van der Waals surface area contributed by atoms with Crippen LogP contribution in [0.3, 0.4) is 0 Å². The summed E-state index contributed by atoms with van der Waals surface area (Å²) in [6.07, 6.45) is -0.462. The molecule has 1 fully saturated rings. The third-order valence-corrected chi connectivity index (χ3v) is 3.63. The lowest BCUT2D eigenvalue weighted by atomic mass is 10.1. The molecule has 1 aliphatic heterocycles. The number of carbonyl (C=O) groups is 1. The van der Waals surface area contributed by atoms with E-state index in [1.807, 2.05) is 21.0 Å². The molecule has 1 saturated heterocycles. The number of rotatable bonds is 4. The molecule has 21 heavy (non-hydrogen) atoms. The lowest BCUT2D eigenvalue weighted by molar-refractivity contribution is -0.166. The highest BCUT2D eigenvalue weighted by Gasteiger charge is 2.30. The molecular formula is C16H24N2O3. The zero-order valence-corrected chi connectivity index (χ0v) is 13.2. The van der Waals surface area contributed by atoms with Gasteiger partial charge >= 0.3 is 5.97 Å². The molecule has 0 N–H and O–H groups in total. The fourth-order valence-electron chi connectivity index (χ4n) is 2.62. The maximum Gasteiger partial charge on any atom is 0.336 e. The van der Waals surface area contributed by atoms with Crippen molar-refractivity contribution in [2.24, 2.45) is 0 Å². The Kier molecular flexibility index (Phi) is 5.20. The molecule has 1 aromatic carbocycles. The van der Waals surface area contributed by atoms with Gasteiger partial charge in [-0.15, -0.1) is 0 Å². The molecule has 0 bridgehead atoms. The van der Waals surface area contributed by atoms with Crippen LogP contribution in [0.5, 0.6) is 0 Å². The molecule has 0 radical (unpaired) electrons. The van der Waals surface area contributed by atoms with Gasteiger partial charge in [0.05, 0.1) is 13.2 Å². The molecule has 2 atom stereocenters. The quantitative estimate of drug-likeness (QED) is 0.787. The van der Waals surface area contributed by atoms with E-state index in [2.05, 4.69) is 34.1 Å². The van der Waals surface area contributed by atoms with Crippen LogP contribution >= 0.6 is 0 Å². The molecule has 0 aliphatic carbocycles. The van der Waals surface area contributed by atoms with E-state index in [1.54, 1.807) is 0 Å². The monoisotopic (exact) mass is 292 g/mol. The molecule has 1 aromatic rings. The molecular weight excluding hydrogens is 268 g/mol. The normalized spacial score (nSPS) is 22.9. The minimum Gasteiger partial charge on any atom is -0.467 e. The van der Waals surface area contributed by atoms with Gasteiger partial charge in [-0.05, 0) is 24.6 Å². The summed E-state index contributed by atoms with van der Waals surface area (Å²) in [5.74, 6) is -0.298. The van der Waals surface area contributed by atoms with Gasteiger partial charge in [-0.25, -0.2) is 4.79 Å². The summed E-state index contributed by atoms with van der Waals surface area (Å²) in [5, 5.41) is 0. The van der Waals surface area contributed by atoms with Crippen molar-refractivity contribution in [2.45, 2.75) is 25.7 Å². The Morgan fingerprint density at radius 3 is 2.86 bits per heavy atom. The van der Waals surface area contributed by atoms with Crippen LogP contribution in [-0.2, 0) is 20.8 Å². The Morgan fingerprint density at radius 2 is 2.19 bits per heavy atom. The zero-order chi connectivity index (χ0) is 15.4. The second-order valence-electron chi connectivity index (χ2n) is 5.72. The van der Waals surface area contributed by atoms with Crippen LogP contribution in [0.25, 0.3) is 0 Å². The van der Waals surface area contributed by atoms with E-state index in [-0.39, 0.29) is 12.1 Å². The second kappa shape index (κ2) is 6.91. The van der Waals surface area contributed by atoms with Crippen LogP contribution in [0, 0.1) is 0 Å². The minimum atomic E-state index is -0.490. The number of morpholine rings is 1. The van der Waals surface area contributed by atoms with E-state index in [0.717, 1.165) is 13.1 Å². The van der Waals surface area contributed by atoms with Gasteiger partial charge in [-0.3, -0.25) is 4.90 Å². The maximum absolute atomic E-state index is 11.7. The third-order valence-electron chi connectivity index (χ3n) is 3.63. The topological polar surface area (TPSA) is 42.0 Å². The molecule has 2 rings (SSSR count). The zero-order valence-electron chi connectivity index (χ0n) is 13.2. The molecule has 1 aliphatic rings. The fraction of sp³-hybridized carbons (Fsp3) is 0.562. The number of carbonyl (C=O) groups excluding carboxylic acids is 1. The Bertz CT molecular complexity index is 490. The van der Waals surface area contributed by atoms with Crippen LogP contribution in [0.4, 0.5) is 5.69 Å². The third kappa shape index (κ3) is 4.19. The Labute approximate surface area is 126 Å². The maximum atomic E-state index is 11.7. The first-order chi connectivity index (χ1) is 9.99. The largest absolute Gasteiger partial charge is 0.467 e. The second-order valence-corrected chi connectivity index (χ2v) is 5.72. The summed E-state index contributed by atoms with van der Waals surface area (Å²) in [6.45, 7) is 4.18. The van der Waals surface area contributed by atoms with E-state index in [1.165, 1.54) is 18.4 Å². The van der Waals surface area contributed by atoms with Crippen molar-refractivity contribution in [1.29, 1.82) is 0 Å². The molecule has 0 amide bonds. The summed E-state index contributed by atoms with van der Waals surface area (Å²) >= 11 is 0. The number of nitrogens with zero attached hydrogens (tertiary/aromatic N) is 2. The van der Waals surface area contributed by atoms with Crippen molar-refractivity contribution in [2.75, 3.05) is 39.2 Å². The van der Waals surface area contributed by atoms with Gasteiger partial charge in [0.25, 0.3) is 0 Å². The van der Waals surface area contributed by atoms with Crippen molar-refractivity contribution in [3.63, 3.8) is 0 Å². The highest BCUT2D eigenvalue weighted by molar-refractivity contribution is 5.75. The standard InChI is InChI=1S/C16H24N2O3/c1-12-9-18(11-15(21-12)16(19)20-4)10-13-6-5-7-14(8-13)17(2)3/h5-8,12,15H,9-11H2,1-4H3/t12-,15+/m1/s1. The van der Waals surface area contributed by atoms with Gasteiger partial charge in [-0.1, -0.05) is 12.1 Å². The van der Waals surface area contributed by atoms with Crippen LogP contribution in [0.15, 0.2) is 24.3 Å². The SMILES string of the molecule is COC(=O)[C@@H]1CN(Cc2cccc(N(C)C)c2)C[C@@H](C)O1. The Balaban J connectivity index is 2.04. The number of methoxy groups -OCH3 is 1.